The van der Waals surface area contributed by atoms with Crippen molar-refractivity contribution in [2.45, 2.75) is 102 Å². The highest BCUT2D eigenvalue weighted by Crippen LogP contribution is 2.42. The minimum Gasteiger partial charge on any atom is -0.496 e. The molecule has 3 aromatic rings. The predicted octanol–water partition coefficient (Wildman–Crippen LogP) is 6.94. The molecule has 1 heterocycles. The van der Waals surface area contributed by atoms with Crippen molar-refractivity contribution < 1.29 is 29.2 Å². The van der Waals surface area contributed by atoms with Gasteiger partial charge in [-0.2, -0.15) is 0 Å². The Morgan fingerprint density at radius 2 is 1.44 bits per heavy atom. The Hall–Kier alpha value is -2.74. The number of methoxy groups -OCH3 is 1. The van der Waals surface area contributed by atoms with E-state index in [1.807, 2.05) is 85.8 Å². The first-order valence-corrected chi connectivity index (χ1v) is 16.0. The summed E-state index contributed by atoms with van der Waals surface area (Å²) in [7, 11) is 1.69. The van der Waals surface area contributed by atoms with Gasteiger partial charge in [0.25, 0.3) is 0 Å². The molecule has 2 fully saturated rings. The van der Waals surface area contributed by atoms with Gasteiger partial charge in [0.05, 0.1) is 26.4 Å². The maximum atomic E-state index is 12.3. The van der Waals surface area contributed by atoms with Crippen molar-refractivity contribution in [2.24, 2.45) is 11.8 Å². The lowest BCUT2D eigenvalue weighted by Gasteiger charge is -2.48. The maximum absolute atomic E-state index is 12.3. The first-order valence-electron chi connectivity index (χ1n) is 16.0. The molecule has 1 saturated carbocycles. The van der Waals surface area contributed by atoms with Crippen molar-refractivity contribution >= 4 is 0 Å². The summed E-state index contributed by atoms with van der Waals surface area (Å²) in [5.41, 5.74) is 3.52. The SMILES string of the molecule is CCCC1CCC(Cc2cc(C3(O)OC(C)C(OCc4ccccc4)C(O)C3OCc3ccccc3)ccc2OC)CC1. The molecule has 0 spiro atoms. The summed E-state index contributed by atoms with van der Waals surface area (Å²) in [5, 5.41) is 24.0. The third-order valence-corrected chi connectivity index (χ3v) is 9.28. The molecule has 232 valence electrons. The second-order valence-electron chi connectivity index (χ2n) is 12.4. The molecule has 2 aliphatic rings. The number of aliphatic hydroxyl groups excluding tert-OH is 1. The highest BCUT2D eigenvalue weighted by molar-refractivity contribution is 5.40. The smallest absolute Gasteiger partial charge is 0.222 e. The molecule has 3 aromatic carbocycles. The lowest BCUT2D eigenvalue weighted by molar-refractivity contribution is -0.366. The molecule has 0 radical (unpaired) electrons. The zero-order valence-electron chi connectivity index (χ0n) is 25.9. The third kappa shape index (κ3) is 7.68. The average Bonchev–Trinajstić information content (AvgIpc) is 3.03. The second kappa shape index (κ2) is 14.8. The van der Waals surface area contributed by atoms with E-state index in [4.69, 9.17) is 18.9 Å². The van der Waals surface area contributed by atoms with Crippen LogP contribution in [0.3, 0.4) is 0 Å². The van der Waals surface area contributed by atoms with Gasteiger partial charge in [-0.3, -0.25) is 0 Å². The van der Waals surface area contributed by atoms with Crippen LogP contribution in [-0.4, -0.2) is 41.7 Å². The summed E-state index contributed by atoms with van der Waals surface area (Å²) in [6.07, 6.45) is 4.88. The fourth-order valence-electron chi connectivity index (χ4n) is 6.91. The summed E-state index contributed by atoms with van der Waals surface area (Å²) in [6.45, 7) is 4.62. The third-order valence-electron chi connectivity index (χ3n) is 9.28. The van der Waals surface area contributed by atoms with Crippen LogP contribution in [0.15, 0.2) is 78.9 Å². The minimum atomic E-state index is -1.89. The molecule has 5 rings (SSSR count). The van der Waals surface area contributed by atoms with Crippen LogP contribution in [0.5, 0.6) is 5.75 Å². The zero-order chi connectivity index (χ0) is 30.2. The van der Waals surface area contributed by atoms with Crippen LogP contribution in [0.25, 0.3) is 0 Å². The number of aliphatic hydroxyl groups is 2. The number of ether oxygens (including phenoxy) is 4. The molecule has 43 heavy (non-hydrogen) atoms. The van der Waals surface area contributed by atoms with Gasteiger partial charge in [-0.25, -0.2) is 0 Å². The Morgan fingerprint density at radius 3 is 2.05 bits per heavy atom. The number of benzene rings is 3. The van der Waals surface area contributed by atoms with Crippen LogP contribution < -0.4 is 4.74 Å². The van der Waals surface area contributed by atoms with E-state index in [0.29, 0.717) is 18.1 Å². The molecule has 2 N–H and O–H groups in total. The largest absolute Gasteiger partial charge is 0.496 e. The molecule has 5 unspecified atom stereocenters. The number of rotatable bonds is 12. The van der Waals surface area contributed by atoms with Gasteiger partial charge < -0.3 is 29.2 Å². The van der Waals surface area contributed by atoms with Gasteiger partial charge in [-0.05, 0) is 72.9 Å². The molecule has 0 aromatic heterocycles. The summed E-state index contributed by atoms with van der Waals surface area (Å²) in [6, 6.07) is 25.3. The van der Waals surface area contributed by atoms with Crippen LogP contribution in [0, 0.1) is 11.8 Å². The Balaban J connectivity index is 1.40. The van der Waals surface area contributed by atoms with Crippen molar-refractivity contribution in [3.8, 4) is 5.75 Å². The molecule has 1 saturated heterocycles. The van der Waals surface area contributed by atoms with E-state index in [9.17, 15) is 10.2 Å². The van der Waals surface area contributed by atoms with Gasteiger partial charge in [-0.15, -0.1) is 0 Å². The Kier molecular flexibility index (Phi) is 10.9. The number of hydrogen-bond donors (Lipinski definition) is 2. The zero-order valence-corrected chi connectivity index (χ0v) is 25.9. The Bertz CT molecular complexity index is 1260. The van der Waals surface area contributed by atoms with E-state index in [0.717, 1.165) is 34.8 Å². The van der Waals surface area contributed by atoms with Crippen molar-refractivity contribution in [1.82, 2.24) is 0 Å². The van der Waals surface area contributed by atoms with Crippen LogP contribution in [-0.2, 0) is 39.6 Å². The van der Waals surface area contributed by atoms with Gasteiger partial charge in [0.15, 0.2) is 0 Å². The van der Waals surface area contributed by atoms with Crippen molar-refractivity contribution in [3.63, 3.8) is 0 Å². The fraction of sp³-hybridized carbons (Fsp3) is 0.514. The normalized spacial score (nSPS) is 29.3. The second-order valence-corrected chi connectivity index (χ2v) is 12.4. The van der Waals surface area contributed by atoms with E-state index in [-0.39, 0.29) is 6.61 Å². The maximum Gasteiger partial charge on any atom is 0.222 e. The molecule has 1 aliphatic heterocycles. The van der Waals surface area contributed by atoms with Crippen LogP contribution in [0.1, 0.15) is 74.6 Å². The summed E-state index contributed by atoms with van der Waals surface area (Å²) >= 11 is 0. The Labute approximate surface area is 257 Å². The summed E-state index contributed by atoms with van der Waals surface area (Å²) in [4.78, 5) is 0. The Morgan fingerprint density at radius 1 is 0.837 bits per heavy atom. The lowest BCUT2D eigenvalue weighted by Crippen LogP contribution is -2.63. The van der Waals surface area contributed by atoms with Crippen molar-refractivity contribution in [3.05, 3.63) is 101 Å². The lowest BCUT2D eigenvalue weighted by atomic mass is 9.77. The van der Waals surface area contributed by atoms with E-state index in [2.05, 4.69) is 6.92 Å². The van der Waals surface area contributed by atoms with Crippen LogP contribution in [0.2, 0.25) is 0 Å². The monoisotopic (exact) mass is 588 g/mol. The van der Waals surface area contributed by atoms with Crippen molar-refractivity contribution in [1.29, 1.82) is 0 Å². The van der Waals surface area contributed by atoms with E-state index >= 15 is 0 Å². The standard InChI is InChI=1S/C37H48O6/c1-4-11-27-16-18-28(19-17-27)22-31-23-32(20-21-33(31)40-3)37(39)36(42-25-30-14-9-6-10-15-30)34(38)35(26(2)43-37)41-24-29-12-7-5-8-13-29/h5-10,12-15,20-21,23,26-28,34-36,38-39H,4,11,16-19,22,24-25H2,1-3H3. The molecule has 5 atom stereocenters. The van der Waals surface area contributed by atoms with Gasteiger partial charge in [0, 0.05) is 5.56 Å². The molecule has 6 heteroatoms. The van der Waals surface area contributed by atoms with Crippen LogP contribution >= 0.6 is 0 Å². The first-order chi connectivity index (χ1) is 20.9. The van der Waals surface area contributed by atoms with Gasteiger partial charge >= 0.3 is 0 Å². The molecule has 0 amide bonds. The fourth-order valence-corrected chi connectivity index (χ4v) is 6.91. The first kappa shape index (κ1) is 31.7. The molecule has 6 nitrogen and oxygen atoms in total. The van der Waals surface area contributed by atoms with Crippen molar-refractivity contribution in [2.75, 3.05) is 7.11 Å². The summed E-state index contributed by atoms with van der Waals surface area (Å²) in [5.74, 6) is 0.330. The van der Waals surface area contributed by atoms with Crippen LogP contribution in [0.4, 0.5) is 0 Å². The molecular weight excluding hydrogens is 540 g/mol. The summed E-state index contributed by atoms with van der Waals surface area (Å²) < 4.78 is 24.7. The van der Waals surface area contributed by atoms with Gasteiger partial charge in [0.1, 0.15) is 24.1 Å². The van der Waals surface area contributed by atoms with E-state index in [1.165, 1.54) is 38.5 Å². The average molecular weight is 589 g/mol. The highest BCUT2D eigenvalue weighted by Gasteiger charge is 2.55. The minimum absolute atomic E-state index is 0.206. The predicted molar refractivity (Wildman–Crippen MR) is 168 cm³/mol. The molecule has 0 bridgehead atoms. The highest BCUT2D eigenvalue weighted by atomic mass is 16.7. The van der Waals surface area contributed by atoms with Gasteiger partial charge in [0.2, 0.25) is 5.79 Å². The van der Waals surface area contributed by atoms with E-state index < -0.39 is 30.2 Å². The van der Waals surface area contributed by atoms with Gasteiger partial charge in [-0.1, -0.05) is 93.3 Å². The van der Waals surface area contributed by atoms with E-state index in [1.54, 1.807) is 7.11 Å². The molecule has 1 aliphatic carbocycles. The quantitative estimate of drug-likeness (QED) is 0.239. The number of hydrogen-bond acceptors (Lipinski definition) is 6. The topological polar surface area (TPSA) is 77.4 Å². The molecular formula is C37H48O6.